The number of nitrogens with one attached hydrogen (secondary N) is 2. The van der Waals surface area contributed by atoms with Crippen LogP contribution >= 0.6 is 0 Å². The molecule has 0 saturated carbocycles. The number of rotatable bonds is 8. The zero-order valence-electron chi connectivity index (χ0n) is 16.1. The van der Waals surface area contributed by atoms with Gasteiger partial charge in [-0.1, -0.05) is 42.5 Å². The first-order chi connectivity index (χ1) is 14.2. The maximum Gasteiger partial charge on any atom is 0.340 e. The number of anilines is 2. The Morgan fingerprint density at radius 1 is 1.00 bits per heavy atom. The lowest BCUT2D eigenvalue weighted by Gasteiger charge is -2.11. The minimum atomic E-state index is -0.491. The Labute approximate surface area is 169 Å². The van der Waals surface area contributed by atoms with Crippen LogP contribution in [0.4, 0.5) is 11.5 Å². The van der Waals surface area contributed by atoms with E-state index < -0.39 is 11.9 Å². The van der Waals surface area contributed by atoms with Gasteiger partial charge in [0.05, 0.1) is 17.9 Å². The highest BCUT2D eigenvalue weighted by Gasteiger charge is 2.16. The summed E-state index contributed by atoms with van der Waals surface area (Å²) in [5, 5.41) is 5.91. The van der Waals surface area contributed by atoms with Crippen LogP contribution in [0.15, 0.2) is 67.0 Å². The summed E-state index contributed by atoms with van der Waals surface area (Å²) in [6, 6.07) is 18.3. The smallest absolute Gasteiger partial charge is 0.340 e. The fourth-order valence-electron chi connectivity index (χ4n) is 2.72. The van der Waals surface area contributed by atoms with E-state index in [0.29, 0.717) is 18.1 Å². The number of aromatic nitrogens is 2. The van der Waals surface area contributed by atoms with Gasteiger partial charge in [0, 0.05) is 12.6 Å². The van der Waals surface area contributed by atoms with Gasteiger partial charge in [0.1, 0.15) is 17.8 Å². The van der Waals surface area contributed by atoms with E-state index in [2.05, 4.69) is 32.7 Å². The van der Waals surface area contributed by atoms with Gasteiger partial charge in [-0.05, 0) is 31.0 Å². The van der Waals surface area contributed by atoms with Crippen LogP contribution in [0, 0.1) is 0 Å². The molecule has 0 radical (unpaired) electrons. The first kappa shape index (κ1) is 20.0. The highest BCUT2D eigenvalue weighted by atomic mass is 16.5. The normalized spacial score (nSPS) is 10.2. The third kappa shape index (κ3) is 5.62. The van der Waals surface area contributed by atoms with Gasteiger partial charge in [0.2, 0.25) is 0 Å². The first-order valence-electron chi connectivity index (χ1n) is 9.34. The predicted molar refractivity (Wildman–Crippen MR) is 111 cm³/mol. The SMILES string of the molecule is CCOC(=O)c1ccccc1NC(=O)c1cc(NCCc2ccccc2)ncn1. The standard InChI is InChI=1S/C22H22N4O3/c1-2-29-22(28)17-10-6-7-11-18(17)26-21(27)19-14-20(25-15-24-19)23-13-12-16-8-4-3-5-9-16/h3-11,14-15H,2,12-13H2,1H3,(H,26,27)(H,23,24,25). The van der Waals surface area contributed by atoms with Gasteiger partial charge in [-0.15, -0.1) is 0 Å². The number of ether oxygens (including phenoxy) is 1. The zero-order valence-corrected chi connectivity index (χ0v) is 16.1. The number of para-hydroxylation sites is 1. The summed E-state index contributed by atoms with van der Waals surface area (Å²) in [5.41, 5.74) is 2.06. The molecule has 7 heteroatoms. The fraction of sp³-hybridized carbons (Fsp3) is 0.182. The molecule has 148 valence electrons. The minimum Gasteiger partial charge on any atom is -0.462 e. The molecule has 0 bridgehead atoms. The van der Waals surface area contributed by atoms with E-state index in [1.165, 1.54) is 11.9 Å². The maximum atomic E-state index is 12.6. The van der Waals surface area contributed by atoms with Gasteiger partial charge in [-0.3, -0.25) is 4.79 Å². The number of nitrogens with zero attached hydrogens (tertiary/aromatic N) is 2. The summed E-state index contributed by atoms with van der Waals surface area (Å²) in [5.74, 6) is -0.371. The highest BCUT2D eigenvalue weighted by Crippen LogP contribution is 2.17. The van der Waals surface area contributed by atoms with E-state index in [0.717, 1.165) is 6.42 Å². The summed E-state index contributed by atoms with van der Waals surface area (Å²) in [6.07, 6.45) is 2.16. The molecule has 3 rings (SSSR count). The Morgan fingerprint density at radius 3 is 2.55 bits per heavy atom. The summed E-state index contributed by atoms with van der Waals surface area (Å²) < 4.78 is 5.03. The van der Waals surface area contributed by atoms with E-state index >= 15 is 0 Å². The van der Waals surface area contributed by atoms with Crippen molar-refractivity contribution in [3.63, 3.8) is 0 Å². The quantitative estimate of drug-likeness (QED) is 0.571. The molecule has 0 spiro atoms. The summed E-state index contributed by atoms with van der Waals surface area (Å²) >= 11 is 0. The average Bonchev–Trinajstić information content (AvgIpc) is 2.75. The molecule has 0 saturated heterocycles. The molecule has 0 unspecified atom stereocenters. The lowest BCUT2D eigenvalue weighted by atomic mass is 10.1. The molecule has 3 aromatic rings. The molecular weight excluding hydrogens is 368 g/mol. The van der Waals surface area contributed by atoms with Gasteiger partial charge < -0.3 is 15.4 Å². The van der Waals surface area contributed by atoms with Crippen LogP contribution < -0.4 is 10.6 Å². The second-order valence-electron chi connectivity index (χ2n) is 6.17. The second kappa shape index (κ2) is 9.98. The number of carbonyl (C=O) groups excluding carboxylic acids is 2. The molecule has 2 N–H and O–H groups in total. The molecule has 0 aliphatic heterocycles. The van der Waals surface area contributed by atoms with E-state index in [4.69, 9.17) is 4.74 Å². The van der Waals surface area contributed by atoms with Crippen LogP contribution in [0.3, 0.4) is 0 Å². The molecule has 1 aromatic heterocycles. The lowest BCUT2D eigenvalue weighted by molar-refractivity contribution is 0.0527. The molecule has 0 fully saturated rings. The predicted octanol–water partition coefficient (Wildman–Crippen LogP) is 3.56. The number of carbonyl (C=O) groups is 2. The summed E-state index contributed by atoms with van der Waals surface area (Å²) in [7, 11) is 0. The molecule has 29 heavy (non-hydrogen) atoms. The lowest BCUT2D eigenvalue weighted by Crippen LogP contribution is -2.17. The number of hydrogen-bond acceptors (Lipinski definition) is 6. The molecule has 0 aliphatic rings. The first-order valence-corrected chi connectivity index (χ1v) is 9.34. The van der Waals surface area contributed by atoms with Crippen molar-refractivity contribution in [2.24, 2.45) is 0 Å². The Bertz CT molecular complexity index is 977. The van der Waals surface area contributed by atoms with Gasteiger partial charge in [-0.25, -0.2) is 14.8 Å². The second-order valence-corrected chi connectivity index (χ2v) is 6.17. The van der Waals surface area contributed by atoms with Crippen molar-refractivity contribution in [2.45, 2.75) is 13.3 Å². The fourth-order valence-corrected chi connectivity index (χ4v) is 2.72. The summed E-state index contributed by atoms with van der Waals surface area (Å²) in [6.45, 7) is 2.66. The third-order valence-electron chi connectivity index (χ3n) is 4.13. The Hall–Kier alpha value is -3.74. The zero-order chi connectivity index (χ0) is 20.5. The largest absolute Gasteiger partial charge is 0.462 e. The van der Waals surface area contributed by atoms with Crippen LogP contribution in [0.5, 0.6) is 0 Å². The van der Waals surface area contributed by atoms with Gasteiger partial charge in [0.15, 0.2) is 0 Å². The van der Waals surface area contributed by atoms with Crippen molar-refractivity contribution in [1.29, 1.82) is 0 Å². The minimum absolute atomic E-state index is 0.195. The van der Waals surface area contributed by atoms with Gasteiger partial charge >= 0.3 is 5.97 Å². The van der Waals surface area contributed by atoms with Crippen molar-refractivity contribution < 1.29 is 14.3 Å². The number of hydrogen-bond donors (Lipinski definition) is 2. The Balaban J connectivity index is 1.65. The van der Waals surface area contributed by atoms with Gasteiger partial charge in [0.25, 0.3) is 5.91 Å². The van der Waals surface area contributed by atoms with Gasteiger partial charge in [-0.2, -0.15) is 0 Å². The number of amides is 1. The van der Waals surface area contributed by atoms with Crippen LogP contribution in [0.1, 0.15) is 33.3 Å². The van der Waals surface area contributed by atoms with Crippen LogP contribution in [0.25, 0.3) is 0 Å². The molecule has 0 aliphatic carbocycles. The molecule has 1 amide bonds. The molecule has 1 heterocycles. The topological polar surface area (TPSA) is 93.2 Å². The van der Waals surface area contributed by atoms with E-state index in [9.17, 15) is 9.59 Å². The van der Waals surface area contributed by atoms with Crippen molar-refractivity contribution in [3.05, 3.63) is 83.8 Å². The molecule has 2 aromatic carbocycles. The number of benzene rings is 2. The molecule has 7 nitrogen and oxygen atoms in total. The van der Waals surface area contributed by atoms with E-state index in [1.54, 1.807) is 37.3 Å². The molecular formula is C22H22N4O3. The highest BCUT2D eigenvalue weighted by molar-refractivity contribution is 6.07. The average molecular weight is 390 g/mol. The Kier molecular flexibility index (Phi) is 6.89. The van der Waals surface area contributed by atoms with Crippen LogP contribution in [0.2, 0.25) is 0 Å². The monoisotopic (exact) mass is 390 g/mol. The Morgan fingerprint density at radius 2 is 1.76 bits per heavy atom. The van der Waals surface area contributed by atoms with E-state index in [1.807, 2.05) is 18.2 Å². The molecule has 0 atom stereocenters. The van der Waals surface area contributed by atoms with Crippen LogP contribution in [-0.2, 0) is 11.2 Å². The van der Waals surface area contributed by atoms with Crippen molar-refractivity contribution in [1.82, 2.24) is 9.97 Å². The van der Waals surface area contributed by atoms with E-state index in [-0.39, 0.29) is 17.9 Å². The number of esters is 1. The third-order valence-corrected chi connectivity index (χ3v) is 4.13. The van der Waals surface area contributed by atoms with Crippen molar-refractivity contribution >= 4 is 23.4 Å². The summed E-state index contributed by atoms with van der Waals surface area (Å²) in [4.78, 5) is 32.9. The van der Waals surface area contributed by atoms with Crippen molar-refractivity contribution in [3.8, 4) is 0 Å². The van der Waals surface area contributed by atoms with Crippen molar-refractivity contribution in [2.75, 3.05) is 23.8 Å². The van der Waals surface area contributed by atoms with Crippen LogP contribution in [-0.4, -0.2) is 35.0 Å². The maximum absolute atomic E-state index is 12.6.